The highest BCUT2D eigenvalue weighted by atomic mass is 16.6. The molecule has 7 nitrogen and oxygen atoms in total. The molecule has 28 heavy (non-hydrogen) atoms. The van der Waals surface area contributed by atoms with E-state index in [2.05, 4.69) is 50.8 Å². The number of aryl methyl sites for hydroxylation is 3. The number of benzene rings is 1. The van der Waals surface area contributed by atoms with Gasteiger partial charge in [-0.3, -0.25) is 0 Å². The third-order valence-corrected chi connectivity index (χ3v) is 5.07. The summed E-state index contributed by atoms with van der Waals surface area (Å²) in [4.78, 5) is 16.0. The number of ether oxygens (including phenoxy) is 2. The lowest BCUT2D eigenvalue weighted by Gasteiger charge is -2.24. The molecule has 0 radical (unpaired) electrons. The number of hydrogen-bond donors (Lipinski definition) is 1. The molecule has 1 unspecified atom stereocenters. The number of methoxy groups -OCH3 is 1. The monoisotopic (exact) mass is 386 g/mol. The van der Waals surface area contributed by atoms with E-state index < -0.39 is 0 Å². The highest BCUT2D eigenvalue weighted by Gasteiger charge is 2.22. The first-order valence-electron chi connectivity index (χ1n) is 9.84. The quantitative estimate of drug-likeness (QED) is 0.737. The van der Waals surface area contributed by atoms with E-state index in [4.69, 9.17) is 4.74 Å². The molecule has 3 rings (SSSR count). The first-order valence-corrected chi connectivity index (χ1v) is 9.84. The molecule has 0 spiro atoms. The lowest BCUT2D eigenvalue weighted by molar-refractivity contribution is -0.142. The van der Waals surface area contributed by atoms with Crippen molar-refractivity contribution in [2.45, 2.75) is 65.6 Å². The highest BCUT2D eigenvalue weighted by Crippen LogP contribution is 2.25. The van der Waals surface area contributed by atoms with E-state index in [1.54, 1.807) is 0 Å². The molecule has 1 N–H and O–H groups in total. The van der Waals surface area contributed by atoms with Gasteiger partial charge in [0, 0.05) is 24.9 Å². The Morgan fingerprint density at radius 3 is 2.68 bits per heavy atom. The van der Waals surface area contributed by atoms with E-state index in [0.29, 0.717) is 12.0 Å². The lowest BCUT2D eigenvalue weighted by Crippen LogP contribution is -2.37. The van der Waals surface area contributed by atoms with Crippen molar-refractivity contribution in [3.8, 4) is 5.75 Å². The second-order valence-electron chi connectivity index (χ2n) is 7.76. The number of aromatic nitrogens is 3. The SMILES string of the molecule is COC(=O)COc1c(C)cc(CNC2CCc3nc(C(C)C)nn3C2)cc1C. The van der Waals surface area contributed by atoms with E-state index >= 15 is 0 Å². The maximum Gasteiger partial charge on any atom is 0.343 e. The maximum atomic E-state index is 11.3. The van der Waals surface area contributed by atoms with Crippen LogP contribution < -0.4 is 10.1 Å². The molecule has 7 heteroatoms. The van der Waals surface area contributed by atoms with Gasteiger partial charge in [-0.1, -0.05) is 26.0 Å². The van der Waals surface area contributed by atoms with Crippen molar-refractivity contribution in [3.63, 3.8) is 0 Å². The van der Waals surface area contributed by atoms with E-state index in [9.17, 15) is 4.79 Å². The molecule has 0 saturated carbocycles. The number of nitrogens with zero attached hydrogens (tertiary/aromatic N) is 3. The van der Waals surface area contributed by atoms with Crippen molar-refractivity contribution in [1.29, 1.82) is 0 Å². The molecule has 1 atom stereocenters. The Hall–Kier alpha value is -2.41. The van der Waals surface area contributed by atoms with Gasteiger partial charge in [-0.2, -0.15) is 5.10 Å². The third-order valence-electron chi connectivity index (χ3n) is 5.07. The van der Waals surface area contributed by atoms with E-state index in [0.717, 1.165) is 54.5 Å². The smallest absolute Gasteiger partial charge is 0.343 e. The Morgan fingerprint density at radius 1 is 1.32 bits per heavy atom. The summed E-state index contributed by atoms with van der Waals surface area (Å²) in [6.07, 6.45) is 2.02. The largest absolute Gasteiger partial charge is 0.481 e. The Morgan fingerprint density at radius 2 is 2.04 bits per heavy atom. The average molecular weight is 386 g/mol. The first-order chi connectivity index (χ1) is 13.4. The molecule has 2 heterocycles. The van der Waals surface area contributed by atoms with Crippen molar-refractivity contribution in [2.24, 2.45) is 0 Å². The van der Waals surface area contributed by atoms with Crippen molar-refractivity contribution in [3.05, 3.63) is 40.5 Å². The number of esters is 1. The van der Waals surface area contributed by atoms with Crippen LogP contribution >= 0.6 is 0 Å². The summed E-state index contributed by atoms with van der Waals surface area (Å²) in [5.74, 6) is 2.76. The van der Waals surface area contributed by atoms with E-state index in [-0.39, 0.29) is 12.6 Å². The fourth-order valence-corrected chi connectivity index (χ4v) is 3.56. The molecule has 1 aliphatic heterocycles. The van der Waals surface area contributed by atoms with Gasteiger partial charge in [0.2, 0.25) is 0 Å². The molecule has 0 fully saturated rings. The normalized spacial score (nSPS) is 16.1. The Bertz CT molecular complexity index is 821. The first kappa shape index (κ1) is 20.3. The maximum absolute atomic E-state index is 11.3. The van der Waals surface area contributed by atoms with E-state index in [1.165, 1.54) is 12.7 Å². The van der Waals surface area contributed by atoms with Gasteiger partial charge in [-0.15, -0.1) is 0 Å². The number of rotatable bonds is 7. The Labute approximate surface area is 166 Å². The molecule has 1 aromatic heterocycles. The van der Waals surface area contributed by atoms with Crippen molar-refractivity contribution in [2.75, 3.05) is 13.7 Å². The van der Waals surface area contributed by atoms with Gasteiger partial charge in [0.25, 0.3) is 0 Å². The summed E-state index contributed by atoms with van der Waals surface area (Å²) in [5, 5.41) is 8.30. The average Bonchev–Trinajstić information content (AvgIpc) is 3.09. The Kier molecular flexibility index (Phi) is 6.34. The topological polar surface area (TPSA) is 78.3 Å². The molecular formula is C21H30N4O3. The minimum absolute atomic E-state index is 0.0730. The molecular weight excluding hydrogens is 356 g/mol. The molecule has 0 amide bonds. The van der Waals surface area contributed by atoms with Gasteiger partial charge in [-0.05, 0) is 37.0 Å². The summed E-state index contributed by atoms with van der Waals surface area (Å²) in [7, 11) is 1.36. The number of carbonyl (C=O) groups is 1. The zero-order chi connectivity index (χ0) is 20.3. The van der Waals surface area contributed by atoms with Crippen molar-refractivity contribution < 1.29 is 14.3 Å². The fourth-order valence-electron chi connectivity index (χ4n) is 3.56. The van der Waals surface area contributed by atoms with Crippen LogP contribution in [-0.4, -0.2) is 40.5 Å². The predicted octanol–water partition coefficient (Wildman–Crippen LogP) is 2.67. The summed E-state index contributed by atoms with van der Waals surface area (Å²) in [6, 6.07) is 4.59. The number of carbonyl (C=O) groups excluding carboxylic acids is 1. The van der Waals surface area contributed by atoms with Crippen LogP contribution in [0.15, 0.2) is 12.1 Å². The van der Waals surface area contributed by atoms with Gasteiger partial charge >= 0.3 is 5.97 Å². The van der Waals surface area contributed by atoms with Gasteiger partial charge in [0.05, 0.1) is 13.7 Å². The van der Waals surface area contributed by atoms with Crippen LogP contribution in [0, 0.1) is 13.8 Å². The minimum atomic E-state index is -0.380. The summed E-state index contributed by atoms with van der Waals surface area (Å²) in [6.45, 7) is 9.81. The van der Waals surface area contributed by atoms with Crippen molar-refractivity contribution >= 4 is 5.97 Å². The van der Waals surface area contributed by atoms with Gasteiger partial charge in [0.1, 0.15) is 11.6 Å². The van der Waals surface area contributed by atoms with Gasteiger partial charge in [0.15, 0.2) is 12.4 Å². The molecule has 0 bridgehead atoms. The summed E-state index contributed by atoms with van der Waals surface area (Å²) in [5.41, 5.74) is 3.24. The van der Waals surface area contributed by atoms with E-state index in [1.807, 2.05) is 13.8 Å². The number of fused-ring (bicyclic) bond motifs is 1. The second kappa shape index (κ2) is 8.73. The minimum Gasteiger partial charge on any atom is -0.481 e. The lowest BCUT2D eigenvalue weighted by atomic mass is 10.0. The molecule has 2 aromatic rings. The van der Waals surface area contributed by atoms with Crippen LogP contribution in [0.3, 0.4) is 0 Å². The zero-order valence-corrected chi connectivity index (χ0v) is 17.4. The number of hydrogen-bond acceptors (Lipinski definition) is 6. The molecule has 152 valence electrons. The number of nitrogens with one attached hydrogen (secondary N) is 1. The predicted molar refractivity (Wildman–Crippen MR) is 106 cm³/mol. The van der Waals surface area contributed by atoms with Crippen LogP contribution in [0.5, 0.6) is 5.75 Å². The van der Waals surface area contributed by atoms with Crippen LogP contribution in [0.2, 0.25) is 0 Å². The van der Waals surface area contributed by atoms with Gasteiger partial charge < -0.3 is 14.8 Å². The second-order valence-corrected chi connectivity index (χ2v) is 7.76. The molecule has 0 aliphatic carbocycles. The molecule has 0 saturated heterocycles. The molecule has 1 aromatic carbocycles. The van der Waals surface area contributed by atoms with Crippen LogP contribution in [0.4, 0.5) is 0 Å². The Balaban J connectivity index is 1.59. The standard InChI is InChI=1S/C21H30N4O3/c1-13(2)21-23-18-7-6-17(11-25(18)24-21)22-10-16-8-14(3)20(15(4)9-16)28-12-19(26)27-5/h8-9,13,17,22H,6-7,10-12H2,1-5H3. The van der Waals surface area contributed by atoms with Crippen LogP contribution in [0.1, 0.15) is 54.5 Å². The van der Waals surface area contributed by atoms with Gasteiger partial charge in [-0.25, -0.2) is 14.5 Å². The highest BCUT2D eigenvalue weighted by molar-refractivity contribution is 5.71. The third kappa shape index (κ3) is 4.70. The van der Waals surface area contributed by atoms with Crippen LogP contribution in [-0.2, 0) is 29.0 Å². The zero-order valence-electron chi connectivity index (χ0n) is 17.4. The molecule has 1 aliphatic rings. The van der Waals surface area contributed by atoms with Crippen LogP contribution in [0.25, 0.3) is 0 Å². The fraction of sp³-hybridized carbons (Fsp3) is 0.571. The summed E-state index contributed by atoms with van der Waals surface area (Å²) < 4.78 is 12.3. The van der Waals surface area contributed by atoms with Crippen molar-refractivity contribution in [1.82, 2.24) is 20.1 Å². The summed E-state index contributed by atoms with van der Waals surface area (Å²) >= 11 is 0.